The fraction of sp³-hybridized carbons (Fsp3) is 0.500. The Labute approximate surface area is 85.7 Å². The molecule has 0 saturated heterocycles. The van der Waals surface area contributed by atoms with Gasteiger partial charge >= 0.3 is 0 Å². The molecule has 1 aliphatic heterocycles. The van der Waals surface area contributed by atoms with E-state index in [1.165, 1.54) is 16.7 Å². The van der Waals surface area contributed by atoms with Gasteiger partial charge in [-0.3, -0.25) is 0 Å². The Morgan fingerprint density at radius 2 is 2.29 bits per heavy atom. The maximum atomic E-state index is 3.47. The average Bonchev–Trinajstić information content (AvgIpc) is 2.17. The summed E-state index contributed by atoms with van der Waals surface area (Å²) in [5, 5.41) is 6.66. The summed E-state index contributed by atoms with van der Waals surface area (Å²) in [6.07, 6.45) is 1.16. The summed E-state index contributed by atoms with van der Waals surface area (Å²) >= 11 is 0. The van der Waals surface area contributed by atoms with Crippen molar-refractivity contribution in [3.8, 4) is 0 Å². The van der Waals surface area contributed by atoms with Crippen LogP contribution in [0.25, 0.3) is 0 Å². The van der Waals surface area contributed by atoms with Crippen LogP contribution in [0.4, 0.5) is 0 Å². The molecule has 0 aromatic heterocycles. The van der Waals surface area contributed by atoms with Gasteiger partial charge in [0.05, 0.1) is 0 Å². The quantitative estimate of drug-likeness (QED) is 0.737. The van der Waals surface area contributed by atoms with Crippen molar-refractivity contribution in [2.75, 3.05) is 7.05 Å². The van der Waals surface area contributed by atoms with Gasteiger partial charge in [-0.25, -0.2) is 0 Å². The van der Waals surface area contributed by atoms with Gasteiger partial charge in [0, 0.05) is 19.1 Å². The van der Waals surface area contributed by atoms with Gasteiger partial charge in [-0.2, -0.15) is 0 Å². The third-order valence-corrected chi connectivity index (χ3v) is 2.82. The lowest BCUT2D eigenvalue weighted by Gasteiger charge is -2.23. The molecule has 76 valence electrons. The molecule has 1 atom stereocenters. The number of nitrogens with one attached hydrogen (secondary N) is 2. The summed E-state index contributed by atoms with van der Waals surface area (Å²) in [7, 11) is 1.99. The van der Waals surface area contributed by atoms with Crippen LogP contribution >= 0.6 is 0 Å². The molecule has 0 spiro atoms. The van der Waals surface area contributed by atoms with Crippen molar-refractivity contribution in [2.45, 2.75) is 32.5 Å². The molecule has 2 nitrogen and oxygen atoms in total. The van der Waals surface area contributed by atoms with E-state index < -0.39 is 0 Å². The maximum Gasteiger partial charge on any atom is 0.0210 e. The minimum Gasteiger partial charge on any atom is -0.316 e. The van der Waals surface area contributed by atoms with E-state index in [1.54, 1.807) is 0 Å². The lowest BCUT2D eigenvalue weighted by Crippen LogP contribution is -2.32. The first-order chi connectivity index (χ1) is 6.79. The summed E-state index contributed by atoms with van der Waals surface area (Å²) in [6.45, 7) is 4.24. The summed E-state index contributed by atoms with van der Waals surface area (Å²) in [5.41, 5.74) is 4.37. The molecule has 0 radical (unpaired) electrons. The van der Waals surface area contributed by atoms with E-state index in [2.05, 4.69) is 35.8 Å². The predicted molar refractivity (Wildman–Crippen MR) is 59.2 cm³/mol. The molecule has 2 heteroatoms. The lowest BCUT2D eigenvalue weighted by molar-refractivity contribution is 0.513. The van der Waals surface area contributed by atoms with Crippen molar-refractivity contribution in [2.24, 2.45) is 0 Å². The van der Waals surface area contributed by atoms with E-state index in [4.69, 9.17) is 0 Å². The zero-order chi connectivity index (χ0) is 9.97. The molecule has 1 heterocycles. The van der Waals surface area contributed by atoms with E-state index in [-0.39, 0.29) is 0 Å². The number of benzene rings is 1. The van der Waals surface area contributed by atoms with Crippen LogP contribution in [0.3, 0.4) is 0 Å². The van der Waals surface area contributed by atoms with Gasteiger partial charge in [0.1, 0.15) is 0 Å². The molecule has 0 aliphatic carbocycles. The number of hydrogen-bond donors (Lipinski definition) is 2. The maximum absolute atomic E-state index is 3.47. The highest BCUT2D eigenvalue weighted by Gasteiger charge is 2.13. The SMILES string of the molecule is CNCc1ccc2c(c1)CC(C)NC2. The van der Waals surface area contributed by atoms with Gasteiger partial charge in [0.15, 0.2) is 0 Å². The third-order valence-electron chi connectivity index (χ3n) is 2.82. The number of rotatable bonds is 2. The second-order valence-corrected chi connectivity index (χ2v) is 4.12. The first kappa shape index (κ1) is 9.69. The van der Waals surface area contributed by atoms with Crippen LogP contribution in [-0.2, 0) is 19.5 Å². The summed E-state index contributed by atoms with van der Waals surface area (Å²) in [4.78, 5) is 0. The molecular weight excluding hydrogens is 172 g/mol. The molecule has 1 aromatic carbocycles. The van der Waals surface area contributed by atoms with Crippen molar-refractivity contribution in [3.05, 3.63) is 34.9 Å². The van der Waals surface area contributed by atoms with E-state index in [0.717, 1.165) is 19.5 Å². The summed E-state index contributed by atoms with van der Waals surface area (Å²) in [5.74, 6) is 0. The zero-order valence-corrected chi connectivity index (χ0v) is 8.93. The van der Waals surface area contributed by atoms with E-state index in [9.17, 15) is 0 Å². The van der Waals surface area contributed by atoms with Crippen molar-refractivity contribution >= 4 is 0 Å². The Bertz CT molecular complexity index is 320. The molecule has 2 rings (SSSR count). The van der Waals surface area contributed by atoms with Gasteiger partial charge < -0.3 is 10.6 Å². The van der Waals surface area contributed by atoms with Crippen LogP contribution in [0.5, 0.6) is 0 Å². The minimum absolute atomic E-state index is 0.618. The van der Waals surface area contributed by atoms with E-state index in [1.807, 2.05) is 7.05 Å². The smallest absolute Gasteiger partial charge is 0.0210 e. The highest BCUT2D eigenvalue weighted by molar-refractivity contribution is 5.34. The predicted octanol–water partition coefficient (Wildman–Crippen LogP) is 1.44. The Morgan fingerprint density at radius 3 is 3.07 bits per heavy atom. The van der Waals surface area contributed by atoms with Gasteiger partial charge in [-0.1, -0.05) is 18.2 Å². The topological polar surface area (TPSA) is 24.1 Å². The van der Waals surface area contributed by atoms with Crippen molar-refractivity contribution in [1.82, 2.24) is 10.6 Å². The van der Waals surface area contributed by atoms with E-state index >= 15 is 0 Å². The van der Waals surface area contributed by atoms with Crippen LogP contribution in [0, 0.1) is 0 Å². The molecule has 14 heavy (non-hydrogen) atoms. The monoisotopic (exact) mass is 190 g/mol. The Hall–Kier alpha value is -0.860. The first-order valence-electron chi connectivity index (χ1n) is 5.28. The Balaban J connectivity index is 2.24. The third kappa shape index (κ3) is 1.97. The highest BCUT2D eigenvalue weighted by Crippen LogP contribution is 2.18. The fourth-order valence-corrected chi connectivity index (χ4v) is 2.04. The molecule has 2 N–H and O–H groups in total. The van der Waals surface area contributed by atoms with Crippen molar-refractivity contribution < 1.29 is 0 Å². The molecule has 0 bridgehead atoms. The van der Waals surface area contributed by atoms with Crippen LogP contribution in [0.15, 0.2) is 18.2 Å². The number of hydrogen-bond acceptors (Lipinski definition) is 2. The molecule has 1 unspecified atom stereocenters. The van der Waals surface area contributed by atoms with Crippen LogP contribution in [-0.4, -0.2) is 13.1 Å². The zero-order valence-electron chi connectivity index (χ0n) is 8.93. The van der Waals surface area contributed by atoms with Gasteiger partial charge in [-0.05, 0) is 37.1 Å². The normalized spacial score (nSPS) is 20.6. The molecule has 0 saturated carbocycles. The largest absolute Gasteiger partial charge is 0.316 e. The van der Waals surface area contributed by atoms with Gasteiger partial charge in [0.25, 0.3) is 0 Å². The Morgan fingerprint density at radius 1 is 1.43 bits per heavy atom. The first-order valence-corrected chi connectivity index (χ1v) is 5.28. The lowest BCUT2D eigenvalue weighted by atomic mass is 9.95. The summed E-state index contributed by atoms with van der Waals surface area (Å²) < 4.78 is 0. The van der Waals surface area contributed by atoms with Gasteiger partial charge in [-0.15, -0.1) is 0 Å². The second-order valence-electron chi connectivity index (χ2n) is 4.12. The summed E-state index contributed by atoms with van der Waals surface area (Å²) in [6, 6.07) is 7.42. The molecular formula is C12H18N2. The fourth-order valence-electron chi connectivity index (χ4n) is 2.04. The Kier molecular flexibility index (Phi) is 2.85. The molecule has 1 aliphatic rings. The average molecular weight is 190 g/mol. The van der Waals surface area contributed by atoms with Crippen LogP contribution < -0.4 is 10.6 Å². The second kappa shape index (κ2) is 4.11. The van der Waals surface area contributed by atoms with Crippen molar-refractivity contribution in [1.29, 1.82) is 0 Å². The van der Waals surface area contributed by atoms with E-state index in [0.29, 0.717) is 6.04 Å². The minimum atomic E-state index is 0.618. The van der Waals surface area contributed by atoms with Crippen LogP contribution in [0.1, 0.15) is 23.6 Å². The molecule has 1 aromatic rings. The molecule has 0 fully saturated rings. The highest BCUT2D eigenvalue weighted by atomic mass is 14.9. The van der Waals surface area contributed by atoms with Gasteiger partial charge in [0.2, 0.25) is 0 Å². The molecule has 0 amide bonds. The number of fused-ring (bicyclic) bond motifs is 1. The standard InChI is InChI=1S/C12H18N2/c1-9-5-12-6-10(7-13-2)3-4-11(12)8-14-9/h3-4,6,9,13-14H,5,7-8H2,1-2H3. The van der Waals surface area contributed by atoms with Crippen molar-refractivity contribution in [3.63, 3.8) is 0 Å². The van der Waals surface area contributed by atoms with Crippen LogP contribution in [0.2, 0.25) is 0 Å².